The first-order valence-electron chi connectivity index (χ1n) is 11.0. The Morgan fingerprint density at radius 2 is 1.44 bits per heavy atom. The van der Waals surface area contributed by atoms with Crippen LogP contribution in [0.3, 0.4) is 0 Å². The summed E-state index contributed by atoms with van der Waals surface area (Å²) in [5, 5.41) is 6.38. The Morgan fingerprint density at radius 1 is 0.824 bits per heavy atom. The van der Waals surface area contributed by atoms with Gasteiger partial charge in [0, 0.05) is 45.8 Å². The van der Waals surface area contributed by atoms with E-state index in [4.69, 9.17) is 21.3 Å². The van der Waals surface area contributed by atoms with Gasteiger partial charge in [-0.15, -0.1) is 0 Å². The van der Waals surface area contributed by atoms with Crippen LogP contribution in [0.5, 0.6) is 11.5 Å². The van der Waals surface area contributed by atoms with Crippen molar-refractivity contribution in [2.24, 2.45) is 5.10 Å². The fourth-order valence-corrected chi connectivity index (χ4v) is 4.98. The van der Waals surface area contributed by atoms with Crippen LogP contribution in [-0.2, 0) is 5.54 Å². The van der Waals surface area contributed by atoms with Crippen molar-refractivity contribution in [1.29, 1.82) is 0 Å². The van der Waals surface area contributed by atoms with Crippen molar-refractivity contribution in [3.8, 4) is 11.5 Å². The molecule has 0 fully saturated rings. The maximum Gasteiger partial charge on any atom is 0.275 e. The van der Waals surface area contributed by atoms with Crippen molar-refractivity contribution in [1.82, 2.24) is 5.01 Å². The number of amides is 1. The van der Waals surface area contributed by atoms with Gasteiger partial charge in [-0.1, -0.05) is 54.6 Å². The summed E-state index contributed by atoms with van der Waals surface area (Å²) in [5.41, 5.74) is 17.3. The van der Waals surface area contributed by atoms with Crippen LogP contribution in [-0.4, -0.2) is 17.1 Å². The number of hydrogen-bond acceptors (Lipinski definition) is 5. The van der Waals surface area contributed by atoms with E-state index in [1.54, 1.807) is 23.4 Å². The molecule has 0 saturated carbocycles. The molecule has 0 bridgehead atoms. The summed E-state index contributed by atoms with van der Waals surface area (Å²) in [6.07, 6.45) is 1.74. The molecule has 4 aromatic rings. The van der Waals surface area contributed by atoms with Crippen LogP contribution in [0.1, 0.15) is 38.2 Å². The molecule has 1 spiro atoms. The van der Waals surface area contributed by atoms with Crippen LogP contribution >= 0.6 is 0 Å². The van der Waals surface area contributed by atoms with E-state index in [2.05, 4.69) is 0 Å². The molecular weight excluding hydrogens is 424 g/mol. The van der Waals surface area contributed by atoms with E-state index in [0.29, 0.717) is 28.4 Å². The van der Waals surface area contributed by atoms with Crippen molar-refractivity contribution in [3.05, 3.63) is 118 Å². The molecule has 166 valence electrons. The number of ether oxygens (including phenoxy) is 1. The molecule has 0 aliphatic carbocycles. The minimum absolute atomic E-state index is 0.187. The van der Waals surface area contributed by atoms with Gasteiger partial charge < -0.3 is 16.2 Å². The number of benzene rings is 4. The Bertz CT molecular complexity index is 1460. The molecule has 0 unspecified atom stereocenters. The molecule has 6 rings (SSSR count). The Labute approximate surface area is 197 Å². The highest BCUT2D eigenvalue weighted by molar-refractivity contribution is 6.03. The van der Waals surface area contributed by atoms with Crippen LogP contribution in [0.25, 0.3) is 0 Å². The summed E-state index contributed by atoms with van der Waals surface area (Å²) in [6.45, 7) is 2.02. The zero-order valence-electron chi connectivity index (χ0n) is 18.5. The second-order valence-electron chi connectivity index (χ2n) is 8.59. The normalized spacial score (nSPS) is 15.2. The van der Waals surface area contributed by atoms with Gasteiger partial charge in [0.05, 0.1) is 6.21 Å². The Hall–Kier alpha value is -4.58. The average molecular weight is 447 g/mol. The van der Waals surface area contributed by atoms with Gasteiger partial charge in [-0.2, -0.15) is 5.10 Å². The minimum Gasteiger partial charge on any atom is -0.456 e. The number of hydrazone groups is 1. The summed E-state index contributed by atoms with van der Waals surface area (Å²) in [4.78, 5) is 13.9. The van der Waals surface area contributed by atoms with E-state index in [1.165, 1.54) is 0 Å². The highest BCUT2D eigenvalue weighted by Gasteiger charge is 2.57. The van der Waals surface area contributed by atoms with Crippen molar-refractivity contribution in [2.75, 3.05) is 11.5 Å². The van der Waals surface area contributed by atoms with Gasteiger partial charge in [0.1, 0.15) is 17.0 Å². The molecule has 2 aliphatic heterocycles. The SMILES string of the molecule is Cc1ccccc1/C=N/N1C(=O)c2ccccc2C12c1ccc(N)cc1Oc1cc(N)ccc12. The Balaban J connectivity index is 1.69. The molecular formula is C28H22N4O2. The van der Waals surface area contributed by atoms with Crippen molar-refractivity contribution in [2.45, 2.75) is 12.5 Å². The molecule has 34 heavy (non-hydrogen) atoms. The second-order valence-corrected chi connectivity index (χ2v) is 8.59. The highest BCUT2D eigenvalue weighted by Crippen LogP contribution is 2.57. The molecule has 6 heteroatoms. The van der Waals surface area contributed by atoms with Crippen molar-refractivity contribution >= 4 is 23.5 Å². The molecule has 0 aromatic heterocycles. The average Bonchev–Trinajstić information content (AvgIpc) is 3.07. The number of nitrogens with two attached hydrogens (primary N) is 2. The predicted octanol–water partition coefficient (Wildman–Crippen LogP) is 5.05. The van der Waals surface area contributed by atoms with E-state index in [9.17, 15) is 4.79 Å². The van der Waals surface area contributed by atoms with Gasteiger partial charge in [-0.3, -0.25) is 4.79 Å². The number of hydrogen-bond donors (Lipinski definition) is 2. The summed E-state index contributed by atoms with van der Waals surface area (Å²) < 4.78 is 6.26. The third-order valence-electron chi connectivity index (χ3n) is 6.57. The Morgan fingerprint density at radius 3 is 2.12 bits per heavy atom. The molecule has 0 saturated heterocycles. The van der Waals surface area contributed by atoms with Crippen molar-refractivity contribution in [3.63, 3.8) is 0 Å². The number of carbonyl (C=O) groups excluding carboxylic acids is 1. The monoisotopic (exact) mass is 446 g/mol. The standard InChI is InChI=1S/C28H22N4O2/c1-17-6-2-3-7-18(17)16-31-32-27(33)21-8-4-5-9-22(21)28(32)23-12-10-19(29)14-25(23)34-26-15-20(30)11-13-24(26)28/h2-16H,29-30H2,1H3/b31-16+. The van der Waals surface area contributed by atoms with Gasteiger partial charge in [0.15, 0.2) is 0 Å². The molecule has 2 heterocycles. The lowest BCUT2D eigenvalue weighted by Crippen LogP contribution is -2.44. The van der Waals surface area contributed by atoms with Crippen LogP contribution < -0.4 is 16.2 Å². The second kappa shape index (κ2) is 7.22. The van der Waals surface area contributed by atoms with E-state index >= 15 is 0 Å². The number of carbonyl (C=O) groups is 1. The molecule has 4 aromatic carbocycles. The molecule has 2 aliphatic rings. The summed E-state index contributed by atoms with van der Waals surface area (Å²) in [7, 11) is 0. The van der Waals surface area contributed by atoms with Gasteiger partial charge in [0.25, 0.3) is 5.91 Å². The molecule has 0 radical (unpaired) electrons. The van der Waals surface area contributed by atoms with E-state index in [1.807, 2.05) is 79.7 Å². The zero-order chi connectivity index (χ0) is 23.4. The lowest BCUT2D eigenvalue weighted by Gasteiger charge is -2.41. The number of fused-ring (bicyclic) bond motifs is 6. The van der Waals surface area contributed by atoms with Crippen LogP contribution in [0, 0.1) is 6.92 Å². The maximum atomic E-state index is 13.9. The van der Waals surface area contributed by atoms with Crippen molar-refractivity contribution < 1.29 is 9.53 Å². The quantitative estimate of drug-likeness (QED) is 0.333. The zero-order valence-corrected chi connectivity index (χ0v) is 18.5. The van der Waals surface area contributed by atoms with Crippen LogP contribution in [0.2, 0.25) is 0 Å². The van der Waals surface area contributed by atoms with Gasteiger partial charge in [-0.25, -0.2) is 5.01 Å². The first-order valence-corrected chi connectivity index (χ1v) is 11.0. The van der Waals surface area contributed by atoms with Gasteiger partial charge in [-0.05, 0) is 36.2 Å². The minimum atomic E-state index is -1.03. The molecule has 1 amide bonds. The third kappa shape index (κ3) is 2.69. The molecule has 4 N–H and O–H groups in total. The van der Waals surface area contributed by atoms with Gasteiger partial charge >= 0.3 is 0 Å². The van der Waals surface area contributed by atoms with Crippen LogP contribution in [0.4, 0.5) is 11.4 Å². The fourth-order valence-electron chi connectivity index (χ4n) is 4.98. The first-order chi connectivity index (χ1) is 16.5. The number of anilines is 2. The lowest BCUT2D eigenvalue weighted by atomic mass is 9.75. The predicted molar refractivity (Wildman–Crippen MR) is 133 cm³/mol. The third-order valence-corrected chi connectivity index (χ3v) is 6.57. The highest BCUT2D eigenvalue weighted by atomic mass is 16.5. The number of nitrogens with zero attached hydrogens (tertiary/aromatic N) is 2. The Kier molecular flexibility index (Phi) is 4.26. The summed E-state index contributed by atoms with van der Waals surface area (Å²) in [5.74, 6) is 0.949. The molecule has 0 atom stereocenters. The lowest BCUT2D eigenvalue weighted by molar-refractivity contribution is 0.0675. The largest absolute Gasteiger partial charge is 0.456 e. The van der Waals surface area contributed by atoms with Crippen LogP contribution in [0.15, 0.2) is 90.0 Å². The van der Waals surface area contributed by atoms with E-state index in [0.717, 1.165) is 27.8 Å². The fraction of sp³-hybridized carbons (Fsp3) is 0.0714. The first kappa shape index (κ1) is 20.1. The number of nitrogen functional groups attached to an aromatic ring is 2. The number of rotatable bonds is 2. The van der Waals surface area contributed by atoms with E-state index in [-0.39, 0.29) is 5.91 Å². The number of aryl methyl sites for hydroxylation is 1. The smallest absolute Gasteiger partial charge is 0.275 e. The van der Waals surface area contributed by atoms with Gasteiger partial charge in [0.2, 0.25) is 0 Å². The molecule has 6 nitrogen and oxygen atoms in total. The maximum absolute atomic E-state index is 13.9. The summed E-state index contributed by atoms with van der Waals surface area (Å²) in [6, 6.07) is 26.6. The summed E-state index contributed by atoms with van der Waals surface area (Å²) >= 11 is 0. The van der Waals surface area contributed by atoms with E-state index < -0.39 is 5.54 Å². The topological polar surface area (TPSA) is 93.9 Å².